The van der Waals surface area contributed by atoms with E-state index in [1.54, 1.807) is 0 Å². The molecule has 1 fully saturated rings. The molecular formula is C14H20ClN3O3. The number of phenols is 1. The normalized spacial score (nSPS) is 16.9. The first-order valence-electron chi connectivity index (χ1n) is 6.94. The van der Waals surface area contributed by atoms with Crippen LogP contribution >= 0.6 is 11.6 Å². The third-order valence-corrected chi connectivity index (χ3v) is 3.96. The molecule has 0 radical (unpaired) electrons. The highest BCUT2D eigenvalue weighted by atomic mass is 35.5. The van der Waals surface area contributed by atoms with Crippen molar-refractivity contribution in [2.75, 3.05) is 31.9 Å². The van der Waals surface area contributed by atoms with Gasteiger partial charge in [0.25, 0.3) is 5.91 Å². The first-order valence-corrected chi connectivity index (χ1v) is 7.31. The molecule has 0 unspecified atom stereocenters. The number of aromatic hydroxyl groups is 1. The molecule has 0 saturated carbocycles. The van der Waals surface area contributed by atoms with Crippen LogP contribution in [0.2, 0.25) is 5.02 Å². The van der Waals surface area contributed by atoms with Crippen molar-refractivity contribution in [3.8, 4) is 5.75 Å². The molecule has 2 rings (SSSR count). The van der Waals surface area contributed by atoms with Gasteiger partial charge in [-0.25, -0.2) is 0 Å². The average Bonchev–Trinajstić information content (AvgIpc) is 2.45. The van der Waals surface area contributed by atoms with E-state index in [1.165, 1.54) is 12.1 Å². The molecule has 0 aliphatic carbocycles. The quantitative estimate of drug-likeness (QED) is 0.617. The average molecular weight is 314 g/mol. The Morgan fingerprint density at radius 3 is 2.76 bits per heavy atom. The topological polar surface area (TPSA) is 98.8 Å². The Labute approximate surface area is 128 Å². The Morgan fingerprint density at radius 2 is 2.10 bits per heavy atom. The van der Waals surface area contributed by atoms with Crippen LogP contribution in [-0.2, 0) is 0 Å². The van der Waals surface area contributed by atoms with E-state index < -0.39 is 0 Å². The summed E-state index contributed by atoms with van der Waals surface area (Å²) in [5, 5.41) is 22.1. The van der Waals surface area contributed by atoms with Gasteiger partial charge in [-0.2, -0.15) is 0 Å². The molecule has 7 heteroatoms. The van der Waals surface area contributed by atoms with E-state index in [-0.39, 0.29) is 34.0 Å². The van der Waals surface area contributed by atoms with Crippen LogP contribution in [0.5, 0.6) is 5.75 Å². The second-order valence-corrected chi connectivity index (χ2v) is 5.63. The summed E-state index contributed by atoms with van der Waals surface area (Å²) < 4.78 is 0. The maximum absolute atomic E-state index is 12.0. The number of amides is 1. The minimum absolute atomic E-state index is 0.114. The molecule has 0 aromatic heterocycles. The number of hydrogen-bond donors (Lipinski definition) is 4. The van der Waals surface area contributed by atoms with Gasteiger partial charge >= 0.3 is 0 Å². The summed E-state index contributed by atoms with van der Waals surface area (Å²) in [5.74, 6) is -0.568. The van der Waals surface area contributed by atoms with Crippen LogP contribution in [-0.4, -0.2) is 53.3 Å². The number of nitrogen functional groups attached to an aromatic ring is 1. The maximum Gasteiger partial charge on any atom is 0.255 e. The van der Waals surface area contributed by atoms with Crippen LogP contribution in [0.25, 0.3) is 0 Å². The Morgan fingerprint density at radius 1 is 1.43 bits per heavy atom. The molecule has 1 aliphatic rings. The summed E-state index contributed by atoms with van der Waals surface area (Å²) in [6, 6.07) is 2.63. The van der Waals surface area contributed by atoms with Gasteiger partial charge in [0.05, 0.1) is 22.4 Å². The molecule has 1 amide bonds. The molecule has 1 heterocycles. The third-order valence-electron chi connectivity index (χ3n) is 3.63. The van der Waals surface area contributed by atoms with Gasteiger partial charge in [-0.3, -0.25) is 4.79 Å². The minimum atomic E-state index is -0.383. The van der Waals surface area contributed by atoms with Crippen molar-refractivity contribution in [2.45, 2.75) is 18.9 Å². The van der Waals surface area contributed by atoms with Crippen LogP contribution in [0, 0.1) is 0 Å². The fraction of sp³-hybridized carbons (Fsp3) is 0.500. The van der Waals surface area contributed by atoms with Crippen molar-refractivity contribution in [1.29, 1.82) is 0 Å². The first kappa shape index (κ1) is 15.9. The van der Waals surface area contributed by atoms with Gasteiger partial charge < -0.3 is 26.2 Å². The van der Waals surface area contributed by atoms with Gasteiger partial charge in [-0.05, 0) is 18.9 Å². The zero-order valence-corrected chi connectivity index (χ0v) is 12.4. The second kappa shape index (κ2) is 6.98. The number of carbonyl (C=O) groups excluding carboxylic acids is 1. The van der Waals surface area contributed by atoms with Crippen molar-refractivity contribution in [3.63, 3.8) is 0 Å². The van der Waals surface area contributed by atoms with E-state index in [2.05, 4.69) is 10.2 Å². The number of carbonyl (C=O) groups is 1. The van der Waals surface area contributed by atoms with E-state index >= 15 is 0 Å². The smallest absolute Gasteiger partial charge is 0.255 e. The number of nitrogens with two attached hydrogens (primary N) is 1. The first-order chi connectivity index (χ1) is 9.97. The lowest BCUT2D eigenvalue weighted by Crippen LogP contribution is -2.40. The molecule has 5 N–H and O–H groups in total. The van der Waals surface area contributed by atoms with Crippen LogP contribution in [0.3, 0.4) is 0 Å². The number of hydrogen-bond acceptors (Lipinski definition) is 5. The summed E-state index contributed by atoms with van der Waals surface area (Å²) in [6.45, 7) is 2.84. The van der Waals surface area contributed by atoms with Crippen molar-refractivity contribution in [2.24, 2.45) is 0 Å². The number of halogens is 1. The van der Waals surface area contributed by atoms with Crippen molar-refractivity contribution in [1.82, 2.24) is 10.2 Å². The zero-order valence-electron chi connectivity index (χ0n) is 11.7. The van der Waals surface area contributed by atoms with Gasteiger partial charge in [0.15, 0.2) is 0 Å². The summed E-state index contributed by atoms with van der Waals surface area (Å²) in [6.07, 6.45) is 1.33. The Balaban J connectivity index is 1.83. The largest absolute Gasteiger partial charge is 0.507 e. The number of aliphatic hydroxyl groups is 1. The predicted molar refractivity (Wildman–Crippen MR) is 81.5 cm³/mol. The summed E-state index contributed by atoms with van der Waals surface area (Å²) >= 11 is 5.85. The number of aliphatic hydroxyl groups excluding tert-OH is 1. The maximum atomic E-state index is 12.0. The highest BCUT2D eigenvalue weighted by molar-refractivity contribution is 6.33. The lowest BCUT2D eigenvalue weighted by Gasteiger charge is -2.29. The number of piperidine rings is 1. The van der Waals surface area contributed by atoms with E-state index in [0.717, 1.165) is 25.9 Å². The molecule has 1 aromatic rings. The van der Waals surface area contributed by atoms with E-state index in [1.807, 2.05) is 0 Å². The monoisotopic (exact) mass is 313 g/mol. The van der Waals surface area contributed by atoms with Gasteiger partial charge in [-0.1, -0.05) is 11.6 Å². The molecule has 1 aliphatic heterocycles. The van der Waals surface area contributed by atoms with Crippen LogP contribution in [0.1, 0.15) is 23.2 Å². The highest BCUT2D eigenvalue weighted by Crippen LogP contribution is 2.27. The summed E-state index contributed by atoms with van der Waals surface area (Å²) in [5.41, 5.74) is 5.90. The summed E-state index contributed by atoms with van der Waals surface area (Å²) in [7, 11) is 0. The Bertz CT molecular complexity index is 516. The van der Waals surface area contributed by atoms with Gasteiger partial charge in [-0.15, -0.1) is 0 Å². The number of phenolic OH excluding ortho intramolecular Hbond substituents is 1. The lowest BCUT2D eigenvalue weighted by molar-refractivity contribution is 0.0804. The third kappa shape index (κ3) is 4.23. The number of benzene rings is 1. The number of likely N-dealkylation sites (tertiary alicyclic amines) is 1. The molecule has 6 nitrogen and oxygen atoms in total. The summed E-state index contributed by atoms with van der Waals surface area (Å²) in [4.78, 5) is 14.2. The van der Waals surface area contributed by atoms with Gasteiger partial charge in [0.1, 0.15) is 5.75 Å². The Hall–Kier alpha value is -1.50. The number of rotatable bonds is 4. The molecule has 0 atom stereocenters. The SMILES string of the molecule is Nc1cc(O)c(C(=O)NCCN2CCC(O)CC2)cc1Cl. The fourth-order valence-corrected chi connectivity index (χ4v) is 2.49. The molecule has 1 saturated heterocycles. The molecule has 0 spiro atoms. The van der Waals surface area contributed by atoms with E-state index in [9.17, 15) is 15.0 Å². The van der Waals surface area contributed by atoms with Crippen LogP contribution < -0.4 is 11.1 Å². The van der Waals surface area contributed by atoms with Crippen LogP contribution in [0.15, 0.2) is 12.1 Å². The van der Waals surface area contributed by atoms with Crippen molar-refractivity contribution < 1.29 is 15.0 Å². The van der Waals surface area contributed by atoms with Crippen molar-refractivity contribution in [3.05, 3.63) is 22.7 Å². The second-order valence-electron chi connectivity index (χ2n) is 5.22. The van der Waals surface area contributed by atoms with E-state index in [4.69, 9.17) is 17.3 Å². The number of nitrogens with one attached hydrogen (secondary N) is 1. The van der Waals surface area contributed by atoms with E-state index in [0.29, 0.717) is 13.1 Å². The molecule has 116 valence electrons. The van der Waals surface area contributed by atoms with Gasteiger partial charge in [0, 0.05) is 32.2 Å². The predicted octanol–water partition coefficient (Wildman–Crippen LogP) is 0.814. The number of nitrogens with zero attached hydrogens (tertiary/aromatic N) is 1. The minimum Gasteiger partial charge on any atom is -0.507 e. The molecule has 1 aromatic carbocycles. The van der Waals surface area contributed by atoms with Crippen molar-refractivity contribution >= 4 is 23.2 Å². The fourth-order valence-electron chi connectivity index (χ4n) is 2.33. The molecule has 0 bridgehead atoms. The molecule has 21 heavy (non-hydrogen) atoms. The highest BCUT2D eigenvalue weighted by Gasteiger charge is 2.17. The standard InChI is InChI=1S/C14H20ClN3O3/c15-11-7-10(13(20)8-12(11)16)14(21)17-3-6-18-4-1-9(19)2-5-18/h7-9,19-20H,1-6,16H2,(H,17,21). The van der Waals surface area contributed by atoms with Gasteiger partial charge in [0.2, 0.25) is 0 Å². The Kier molecular flexibility index (Phi) is 5.27. The molecular weight excluding hydrogens is 294 g/mol. The lowest BCUT2D eigenvalue weighted by atomic mass is 10.1. The van der Waals surface area contributed by atoms with Crippen LogP contribution in [0.4, 0.5) is 5.69 Å². The zero-order chi connectivity index (χ0) is 15.4. The number of anilines is 1.